The number of hydrogen-bond acceptors (Lipinski definition) is 4. The van der Waals surface area contributed by atoms with Gasteiger partial charge in [0, 0.05) is 10.6 Å². The van der Waals surface area contributed by atoms with E-state index in [9.17, 15) is 23.9 Å². The predicted octanol–water partition coefficient (Wildman–Crippen LogP) is 7.12. The van der Waals surface area contributed by atoms with Crippen molar-refractivity contribution in [1.29, 1.82) is 0 Å². The fourth-order valence-corrected chi connectivity index (χ4v) is 4.49. The third-order valence-electron chi connectivity index (χ3n) is 4.34. The Kier molecular flexibility index (Phi) is 8.67. The van der Waals surface area contributed by atoms with Gasteiger partial charge in [0.1, 0.15) is 5.82 Å². The van der Waals surface area contributed by atoms with Gasteiger partial charge in [0.15, 0.2) is 0 Å². The highest BCUT2D eigenvalue weighted by molar-refractivity contribution is 8.00. The number of hydrogen-bond donors (Lipinski definition) is 3. The Morgan fingerprint density at radius 1 is 0.824 bits per heavy atom. The minimum atomic E-state index is -1.50. The van der Waals surface area contributed by atoms with Crippen molar-refractivity contribution in [3.8, 4) is 0 Å². The molecule has 34 heavy (non-hydrogen) atoms. The van der Waals surface area contributed by atoms with Crippen molar-refractivity contribution in [1.82, 2.24) is 0 Å². The fraction of sp³-hybridized carbons (Fsp3) is 0.0455. The molecule has 0 atom stereocenters. The molecule has 0 saturated heterocycles. The van der Waals surface area contributed by atoms with Crippen LogP contribution in [0, 0.1) is 5.82 Å². The van der Waals surface area contributed by atoms with E-state index in [0.29, 0.717) is 10.6 Å². The van der Waals surface area contributed by atoms with Gasteiger partial charge in [-0.15, -0.1) is 11.8 Å². The van der Waals surface area contributed by atoms with Gasteiger partial charge in [-0.1, -0.05) is 58.5 Å². The Balaban J connectivity index is 1.68. The van der Waals surface area contributed by atoms with Crippen LogP contribution in [-0.2, 0) is 4.79 Å². The van der Waals surface area contributed by atoms with Crippen LogP contribution in [0.3, 0.4) is 0 Å². The Morgan fingerprint density at radius 3 is 2.00 bits per heavy atom. The number of carboxylic acid groups (broad SMARTS) is 1. The highest BCUT2D eigenvalue weighted by Gasteiger charge is 2.28. The summed E-state index contributed by atoms with van der Waals surface area (Å²) in [6.07, 6.45) is 0. The van der Waals surface area contributed by atoms with Crippen LogP contribution in [-0.4, -0.2) is 28.6 Å². The molecule has 0 aromatic heterocycles. The summed E-state index contributed by atoms with van der Waals surface area (Å²) in [7, 11) is 0. The van der Waals surface area contributed by atoms with E-state index < -0.39 is 33.8 Å². The summed E-state index contributed by atoms with van der Waals surface area (Å²) >= 11 is 25.1. The van der Waals surface area contributed by atoms with E-state index in [-0.39, 0.29) is 32.4 Å². The van der Waals surface area contributed by atoms with E-state index in [0.717, 1.165) is 0 Å². The molecule has 0 bridgehead atoms. The van der Waals surface area contributed by atoms with Crippen molar-refractivity contribution >= 4 is 87.3 Å². The van der Waals surface area contributed by atoms with E-state index in [1.165, 1.54) is 30.0 Å². The summed E-state index contributed by atoms with van der Waals surface area (Å²) in [4.78, 5) is 37.2. The number of rotatable bonds is 7. The molecule has 0 aliphatic rings. The molecule has 3 aromatic rings. The minimum Gasteiger partial charge on any atom is -0.478 e. The van der Waals surface area contributed by atoms with E-state index >= 15 is 0 Å². The Morgan fingerprint density at radius 2 is 1.41 bits per heavy atom. The number of para-hydroxylation sites is 1. The molecule has 176 valence electrons. The molecular weight excluding hydrogens is 549 g/mol. The largest absolute Gasteiger partial charge is 0.478 e. The number of amides is 2. The average molecular weight is 562 g/mol. The van der Waals surface area contributed by atoms with Crippen molar-refractivity contribution < 1.29 is 23.9 Å². The van der Waals surface area contributed by atoms with Crippen LogP contribution < -0.4 is 10.6 Å². The van der Waals surface area contributed by atoms with Gasteiger partial charge in [0.25, 0.3) is 5.91 Å². The molecule has 0 radical (unpaired) electrons. The van der Waals surface area contributed by atoms with Crippen molar-refractivity contribution in [3.05, 3.63) is 85.6 Å². The lowest BCUT2D eigenvalue weighted by Gasteiger charge is -2.14. The third kappa shape index (κ3) is 5.95. The first kappa shape index (κ1) is 26.1. The number of carbonyl (C=O) groups excluding carboxylic acids is 2. The second-order valence-corrected chi connectivity index (χ2v) is 9.17. The molecule has 0 aliphatic carbocycles. The van der Waals surface area contributed by atoms with Crippen LogP contribution in [0.25, 0.3) is 0 Å². The van der Waals surface area contributed by atoms with Gasteiger partial charge in [0.2, 0.25) is 5.91 Å². The maximum Gasteiger partial charge on any atom is 0.338 e. The van der Waals surface area contributed by atoms with Crippen LogP contribution in [0.5, 0.6) is 0 Å². The van der Waals surface area contributed by atoms with Gasteiger partial charge >= 0.3 is 5.97 Å². The summed E-state index contributed by atoms with van der Waals surface area (Å²) in [5, 5.41) is 13.2. The van der Waals surface area contributed by atoms with Crippen LogP contribution in [0.4, 0.5) is 15.8 Å². The summed E-state index contributed by atoms with van der Waals surface area (Å²) in [5.41, 5.74) is -0.601. The third-order valence-corrected chi connectivity index (χ3v) is 7.15. The first-order chi connectivity index (χ1) is 16.1. The lowest BCUT2D eigenvalue weighted by atomic mass is 10.1. The predicted molar refractivity (Wildman–Crippen MR) is 134 cm³/mol. The minimum absolute atomic E-state index is 0.0272. The summed E-state index contributed by atoms with van der Waals surface area (Å²) in [6.45, 7) is 0. The maximum atomic E-state index is 13.6. The molecule has 0 fully saturated rings. The molecule has 12 heteroatoms. The number of benzene rings is 3. The number of anilines is 2. The molecule has 0 aliphatic heterocycles. The zero-order valence-corrected chi connectivity index (χ0v) is 20.6. The number of halogens is 5. The molecular formula is C22H13Cl4FN2O4S. The molecule has 3 rings (SSSR count). The normalized spacial score (nSPS) is 10.6. The number of aromatic carboxylic acids is 1. The van der Waals surface area contributed by atoms with Crippen molar-refractivity contribution in [2.75, 3.05) is 16.4 Å². The first-order valence-corrected chi connectivity index (χ1v) is 11.8. The second kappa shape index (κ2) is 11.3. The number of nitrogens with one attached hydrogen (secondary N) is 2. The van der Waals surface area contributed by atoms with E-state index in [2.05, 4.69) is 10.6 Å². The van der Waals surface area contributed by atoms with Gasteiger partial charge < -0.3 is 15.7 Å². The molecule has 0 spiro atoms. The van der Waals surface area contributed by atoms with Crippen molar-refractivity contribution in [3.63, 3.8) is 0 Å². The van der Waals surface area contributed by atoms with Crippen molar-refractivity contribution in [2.24, 2.45) is 0 Å². The number of thioether (sulfide) groups is 1. The topological polar surface area (TPSA) is 95.5 Å². The Bertz CT molecular complexity index is 1290. The zero-order chi connectivity index (χ0) is 25.0. The van der Waals surface area contributed by atoms with E-state index in [1.54, 1.807) is 30.3 Å². The molecule has 6 nitrogen and oxygen atoms in total. The summed E-state index contributed by atoms with van der Waals surface area (Å²) < 4.78 is 13.6. The SMILES string of the molecule is O=C(CSc1ccc(NC(=O)c2c(Cl)c(Cl)c(Cl)c(Cl)c2C(=O)O)cc1)Nc1ccccc1F. The molecule has 3 aromatic carbocycles. The van der Waals surface area contributed by atoms with Crippen LogP contribution in [0.2, 0.25) is 20.1 Å². The Labute approximate surface area is 217 Å². The van der Waals surface area contributed by atoms with Gasteiger partial charge in [-0.05, 0) is 36.4 Å². The highest BCUT2D eigenvalue weighted by atomic mass is 35.5. The fourth-order valence-electron chi connectivity index (χ4n) is 2.77. The van der Waals surface area contributed by atoms with Gasteiger partial charge in [-0.25, -0.2) is 9.18 Å². The molecule has 0 saturated carbocycles. The average Bonchev–Trinajstić information content (AvgIpc) is 2.80. The van der Waals surface area contributed by atoms with Crippen LogP contribution in [0.15, 0.2) is 53.4 Å². The highest BCUT2D eigenvalue weighted by Crippen LogP contribution is 2.41. The second-order valence-electron chi connectivity index (χ2n) is 6.61. The van der Waals surface area contributed by atoms with Crippen LogP contribution >= 0.6 is 58.2 Å². The standard InChI is InChI=1S/C22H13Cl4FN2O4S/c23-17-15(16(22(32)33)18(24)20(26)19(17)25)21(31)28-10-5-7-11(8-6-10)34-9-14(30)29-13-4-2-1-3-12(13)27/h1-8H,9H2,(H,28,31)(H,29,30)(H,32,33). The monoisotopic (exact) mass is 560 g/mol. The number of carbonyl (C=O) groups is 3. The van der Waals surface area contributed by atoms with Gasteiger partial charge in [-0.2, -0.15) is 0 Å². The molecule has 0 heterocycles. The zero-order valence-electron chi connectivity index (χ0n) is 16.8. The summed E-state index contributed by atoms with van der Waals surface area (Å²) in [6, 6.07) is 12.2. The van der Waals surface area contributed by atoms with Gasteiger partial charge in [-0.3, -0.25) is 9.59 Å². The van der Waals surface area contributed by atoms with E-state index in [4.69, 9.17) is 46.4 Å². The van der Waals surface area contributed by atoms with Crippen molar-refractivity contribution in [2.45, 2.75) is 4.90 Å². The number of carboxylic acids is 1. The molecule has 0 unspecified atom stereocenters. The first-order valence-electron chi connectivity index (χ1n) is 9.28. The molecule has 2 amide bonds. The maximum absolute atomic E-state index is 13.6. The smallest absolute Gasteiger partial charge is 0.338 e. The van der Waals surface area contributed by atoms with Gasteiger partial charge in [0.05, 0.1) is 42.7 Å². The lowest BCUT2D eigenvalue weighted by molar-refractivity contribution is -0.113. The Hall–Kier alpha value is -2.49. The van der Waals surface area contributed by atoms with E-state index in [1.807, 2.05) is 0 Å². The quantitative estimate of drug-likeness (QED) is 0.162. The van der Waals surface area contributed by atoms with Crippen LogP contribution in [0.1, 0.15) is 20.7 Å². The lowest BCUT2D eigenvalue weighted by Crippen LogP contribution is -2.18. The molecule has 3 N–H and O–H groups in total. The summed E-state index contributed by atoms with van der Waals surface area (Å²) in [5.74, 6) is -3.25.